The number of aromatic nitrogens is 3. The molecule has 1 saturated carbocycles. The van der Waals surface area contributed by atoms with E-state index in [1.807, 2.05) is 13.8 Å². The van der Waals surface area contributed by atoms with Crippen molar-refractivity contribution in [1.29, 1.82) is 0 Å². The topological polar surface area (TPSA) is 70.9 Å². The molecule has 2 rings (SSSR count). The van der Waals surface area contributed by atoms with Crippen LogP contribution in [-0.2, 0) is 0 Å². The van der Waals surface area contributed by atoms with Gasteiger partial charge in [-0.3, -0.25) is 0 Å². The molecule has 1 heterocycles. The quantitative estimate of drug-likeness (QED) is 0.831. The van der Waals surface area contributed by atoms with Crippen molar-refractivity contribution < 1.29 is 5.11 Å². The maximum Gasteiger partial charge on any atom is 0.242 e. The smallest absolute Gasteiger partial charge is 0.242 e. The first-order valence-corrected chi connectivity index (χ1v) is 6.26. The van der Waals surface area contributed by atoms with Crippen LogP contribution in [0.1, 0.15) is 37.1 Å². The van der Waals surface area contributed by atoms with Gasteiger partial charge in [0.1, 0.15) is 0 Å². The summed E-state index contributed by atoms with van der Waals surface area (Å²) in [6, 6.07) is 0. The Labute approximate surface area is 102 Å². The van der Waals surface area contributed by atoms with E-state index < -0.39 is 0 Å². The number of anilines is 1. The molecular weight excluding hydrogens is 216 g/mol. The number of aliphatic hydroxyl groups excluding tert-OH is 1. The first kappa shape index (κ1) is 12.2. The minimum atomic E-state index is -0.184. The van der Waals surface area contributed by atoms with Crippen LogP contribution in [0, 0.1) is 19.8 Å². The van der Waals surface area contributed by atoms with Crippen molar-refractivity contribution in [2.24, 2.45) is 5.92 Å². The van der Waals surface area contributed by atoms with E-state index >= 15 is 0 Å². The molecule has 0 amide bonds. The molecule has 5 heteroatoms. The van der Waals surface area contributed by atoms with Crippen LogP contribution in [0.3, 0.4) is 0 Å². The Morgan fingerprint density at radius 3 is 2.65 bits per heavy atom. The largest absolute Gasteiger partial charge is 0.393 e. The fourth-order valence-corrected chi connectivity index (χ4v) is 2.18. The standard InChI is InChI=1S/C12H20N4O/c1-8-9(2)15-16-12(14-8)13-7-10-5-3-4-6-11(10)17/h10-11,17H,3-7H2,1-2H3,(H,13,14,16). The van der Waals surface area contributed by atoms with E-state index in [0.717, 1.165) is 37.2 Å². The minimum Gasteiger partial charge on any atom is -0.393 e. The molecule has 0 radical (unpaired) electrons. The predicted molar refractivity (Wildman–Crippen MR) is 65.8 cm³/mol. The van der Waals surface area contributed by atoms with E-state index in [9.17, 15) is 5.11 Å². The summed E-state index contributed by atoms with van der Waals surface area (Å²) in [6.45, 7) is 4.54. The minimum absolute atomic E-state index is 0.184. The Morgan fingerprint density at radius 2 is 1.94 bits per heavy atom. The van der Waals surface area contributed by atoms with Crippen LogP contribution in [0.15, 0.2) is 0 Å². The second-order valence-electron chi connectivity index (χ2n) is 4.80. The molecule has 1 aromatic heterocycles. The zero-order valence-electron chi connectivity index (χ0n) is 10.5. The lowest BCUT2D eigenvalue weighted by atomic mass is 9.86. The Kier molecular flexibility index (Phi) is 3.89. The van der Waals surface area contributed by atoms with Gasteiger partial charge in [-0.2, -0.15) is 5.10 Å². The van der Waals surface area contributed by atoms with Crippen LogP contribution < -0.4 is 5.32 Å². The van der Waals surface area contributed by atoms with Gasteiger partial charge in [-0.05, 0) is 26.7 Å². The fourth-order valence-electron chi connectivity index (χ4n) is 2.18. The van der Waals surface area contributed by atoms with Gasteiger partial charge in [0.05, 0.1) is 17.5 Å². The first-order valence-electron chi connectivity index (χ1n) is 6.26. The fraction of sp³-hybridized carbons (Fsp3) is 0.750. The van der Waals surface area contributed by atoms with Crippen molar-refractivity contribution in [1.82, 2.24) is 15.2 Å². The third kappa shape index (κ3) is 3.12. The lowest BCUT2D eigenvalue weighted by Crippen LogP contribution is -2.30. The van der Waals surface area contributed by atoms with E-state index in [4.69, 9.17) is 0 Å². The van der Waals surface area contributed by atoms with Crippen molar-refractivity contribution in [2.75, 3.05) is 11.9 Å². The van der Waals surface area contributed by atoms with Crippen molar-refractivity contribution >= 4 is 5.95 Å². The van der Waals surface area contributed by atoms with Gasteiger partial charge < -0.3 is 10.4 Å². The third-order valence-corrected chi connectivity index (χ3v) is 3.48. The predicted octanol–water partition coefficient (Wildman–Crippen LogP) is 1.45. The normalized spacial score (nSPS) is 24.6. The molecular formula is C12H20N4O. The Bertz CT molecular complexity index is 383. The number of nitrogens with one attached hydrogen (secondary N) is 1. The zero-order chi connectivity index (χ0) is 12.3. The van der Waals surface area contributed by atoms with Gasteiger partial charge in [0.15, 0.2) is 0 Å². The van der Waals surface area contributed by atoms with E-state index in [2.05, 4.69) is 20.5 Å². The summed E-state index contributed by atoms with van der Waals surface area (Å²) in [5.41, 5.74) is 1.75. The van der Waals surface area contributed by atoms with Gasteiger partial charge >= 0.3 is 0 Å². The van der Waals surface area contributed by atoms with Gasteiger partial charge in [0.2, 0.25) is 5.95 Å². The van der Waals surface area contributed by atoms with Crippen LogP contribution in [0.4, 0.5) is 5.95 Å². The van der Waals surface area contributed by atoms with Crippen molar-refractivity contribution in [3.63, 3.8) is 0 Å². The summed E-state index contributed by atoms with van der Waals surface area (Å²) in [5, 5.41) is 21.0. The van der Waals surface area contributed by atoms with E-state index in [1.54, 1.807) is 0 Å². The molecule has 94 valence electrons. The van der Waals surface area contributed by atoms with Gasteiger partial charge in [-0.15, -0.1) is 5.10 Å². The Hall–Kier alpha value is -1.23. The average molecular weight is 236 g/mol. The van der Waals surface area contributed by atoms with E-state index in [1.165, 1.54) is 6.42 Å². The monoisotopic (exact) mass is 236 g/mol. The van der Waals surface area contributed by atoms with Crippen LogP contribution in [0.25, 0.3) is 0 Å². The molecule has 1 aliphatic carbocycles. The number of aryl methyl sites for hydroxylation is 2. The summed E-state index contributed by atoms with van der Waals surface area (Å²) < 4.78 is 0. The van der Waals surface area contributed by atoms with Crippen molar-refractivity contribution in [3.8, 4) is 0 Å². The summed E-state index contributed by atoms with van der Waals surface area (Å²) in [4.78, 5) is 4.32. The van der Waals surface area contributed by atoms with E-state index in [0.29, 0.717) is 11.9 Å². The highest BCUT2D eigenvalue weighted by Gasteiger charge is 2.22. The summed E-state index contributed by atoms with van der Waals surface area (Å²) in [5.74, 6) is 0.875. The molecule has 2 N–H and O–H groups in total. The van der Waals surface area contributed by atoms with Gasteiger partial charge in [-0.25, -0.2) is 4.98 Å². The SMILES string of the molecule is Cc1nnc(NCC2CCCCC2O)nc1C. The van der Waals surface area contributed by atoms with Gasteiger partial charge in [0.25, 0.3) is 0 Å². The second-order valence-corrected chi connectivity index (χ2v) is 4.80. The number of hydrogen-bond donors (Lipinski definition) is 2. The molecule has 17 heavy (non-hydrogen) atoms. The molecule has 2 unspecified atom stereocenters. The molecule has 0 saturated heterocycles. The maximum atomic E-state index is 9.85. The summed E-state index contributed by atoms with van der Waals surface area (Å²) in [7, 11) is 0. The highest BCUT2D eigenvalue weighted by Crippen LogP contribution is 2.24. The van der Waals surface area contributed by atoms with Gasteiger partial charge in [-0.1, -0.05) is 12.8 Å². The van der Waals surface area contributed by atoms with Gasteiger partial charge in [0, 0.05) is 12.5 Å². The summed E-state index contributed by atoms with van der Waals surface area (Å²) in [6.07, 6.45) is 4.15. The zero-order valence-corrected chi connectivity index (χ0v) is 10.5. The van der Waals surface area contributed by atoms with Crippen molar-refractivity contribution in [2.45, 2.75) is 45.6 Å². The lowest BCUT2D eigenvalue weighted by molar-refractivity contribution is 0.0762. The highest BCUT2D eigenvalue weighted by atomic mass is 16.3. The van der Waals surface area contributed by atoms with Crippen LogP contribution >= 0.6 is 0 Å². The molecule has 2 atom stereocenters. The van der Waals surface area contributed by atoms with Crippen LogP contribution in [0.2, 0.25) is 0 Å². The van der Waals surface area contributed by atoms with Crippen LogP contribution in [-0.4, -0.2) is 32.9 Å². The van der Waals surface area contributed by atoms with E-state index in [-0.39, 0.29) is 6.10 Å². The molecule has 0 bridgehead atoms. The van der Waals surface area contributed by atoms with Crippen LogP contribution in [0.5, 0.6) is 0 Å². The first-order chi connectivity index (χ1) is 8.16. The highest BCUT2D eigenvalue weighted by molar-refractivity contribution is 5.24. The van der Waals surface area contributed by atoms with Crippen molar-refractivity contribution in [3.05, 3.63) is 11.4 Å². The lowest BCUT2D eigenvalue weighted by Gasteiger charge is -2.27. The third-order valence-electron chi connectivity index (χ3n) is 3.48. The summed E-state index contributed by atoms with van der Waals surface area (Å²) >= 11 is 0. The molecule has 0 aliphatic heterocycles. The number of rotatable bonds is 3. The number of aliphatic hydroxyl groups is 1. The average Bonchev–Trinajstić information content (AvgIpc) is 2.32. The molecule has 0 aromatic carbocycles. The number of hydrogen-bond acceptors (Lipinski definition) is 5. The molecule has 5 nitrogen and oxygen atoms in total. The molecule has 1 aliphatic rings. The Balaban J connectivity index is 1.90. The second kappa shape index (κ2) is 5.40. The number of nitrogens with zero attached hydrogens (tertiary/aromatic N) is 3. The maximum absolute atomic E-state index is 9.85. The Morgan fingerprint density at radius 1 is 1.18 bits per heavy atom. The molecule has 1 aromatic rings. The molecule has 1 fully saturated rings. The molecule has 0 spiro atoms.